The van der Waals surface area contributed by atoms with Gasteiger partial charge in [0.1, 0.15) is 0 Å². The average molecular weight is 261 g/mol. The van der Waals surface area contributed by atoms with E-state index in [-0.39, 0.29) is 0 Å². The number of para-hydroxylation sites is 1. The third-order valence-electron chi connectivity index (χ3n) is 4.07. The van der Waals surface area contributed by atoms with Crippen LogP contribution < -0.4 is 5.32 Å². The first-order chi connectivity index (χ1) is 9.20. The molecule has 0 atom stereocenters. The van der Waals surface area contributed by atoms with Gasteiger partial charge in [0.15, 0.2) is 0 Å². The summed E-state index contributed by atoms with van der Waals surface area (Å²) in [5.74, 6) is 0. The van der Waals surface area contributed by atoms with E-state index in [2.05, 4.69) is 54.2 Å². The van der Waals surface area contributed by atoms with E-state index < -0.39 is 0 Å². The molecule has 0 spiro atoms. The molecule has 106 valence electrons. The smallest absolute Gasteiger partial charge is 0.0402 e. The van der Waals surface area contributed by atoms with Gasteiger partial charge in [-0.1, -0.05) is 25.1 Å². The van der Waals surface area contributed by atoms with E-state index >= 15 is 0 Å². The Kier molecular flexibility index (Phi) is 5.23. The van der Waals surface area contributed by atoms with E-state index in [9.17, 15) is 0 Å². The Morgan fingerprint density at radius 1 is 1.16 bits per heavy atom. The van der Waals surface area contributed by atoms with Gasteiger partial charge in [0, 0.05) is 45.0 Å². The Labute approximate surface area is 117 Å². The minimum absolute atomic E-state index is 1.04. The van der Waals surface area contributed by atoms with Crippen molar-refractivity contribution in [3.8, 4) is 0 Å². The number of hydrogen-bond donors (Lipinski definition) is 1. The summed E-state index contributed by atoms with van der Waals surface area (Å²) in [6.45, 7) is 11.4. The number of likely N-dealkylation sites (N-methyl/N-ethyl adjacent to an activating group) is 1. The van der Waals surface area contributed by atoms with Crippen LogP contribution in [0.3, 0.4) is 0 Å². The first kappa shape index (κ1) is 14.4. The highest BCUT2D eigenvalue weighted by Crippen LogP contribution is 2.20. The normalized spacial score (nSPS) is 17.6. The lowest BCUT2D eigenvalue weighted by Gasteiger charge is -2.32. The number of rotatable bonds is 5. The van der Waals surface area contributed by atoms with Crippen LogP contribution in [0, 0.1) is 6.92 Å². The highest BCUT2D eigenvalue weighted by Gasteiger charge is 2.13. The molecule has 0 aliphatic carbocycles. The third-order valence-corrected chi connectivity index (χ3v) is 4.07. The number of nitrogens with one attached hydrogen (secondary N) is 1. The first-order valence-corrected chi connectivity index (χ1v) is 7.44. The molecule has 3 heteroatoms. The van der Waals surface area contributed by atoms with Crippen LogP contribution in [0.4, 0.5) is 5.69 Å². The van der Waals surface area contributed by atoms with Gasteiger partial charge in [-0.3, -0.25) is 4.90 Å². The van der Waals surface area contributed by atoms with Crippen LogP contribution in [0.15, 0.2) is 18.2 Å². The predicted molar refractivity (Wildman–Crippen MR) is 83.0 cm³/mol. The van der Waals surface area contributed by atoms with Gasteiger partial charge >= 0.3 is 0 Å². The molecule has 1 N–H and O–H groups in total. The van der Waals surface area contributed by atoms with Crippen LogP contribution in [0.25, 0.3) is 0 Å². The molecule has 1 heterocycles. The zero-order chi connectivity index (χ0) is 13.7. The zero-order valence-electron chi connectivity index (χ0n) is 12.6. The second-order valence-corrected chi connectivity index (χ2v) is 5.53. The van der Waals surface area contributed by atoms with Gasteiger partial charge < -0.3 is 10.2 Å². The van der Waals surface area contributed by atoms with Gasteiger partial charge in [-0.2, -0.15) is 0 Å². The van der Waals surface area contributed by atoms with Gasteiger partial charge in [-0.15, -0.1) is 0 Å². The topological polar surface area (TPSA) is 18.5 Å². The van der Waals surface area contributed by atoms with Crippen LogP contribution in [0.5, 0.6) is 0 Å². The summed E-state index contributed by atoms with van der Waals surface area (Å²) in [5, 5.41) is 3.64. The van der Waals surface area contributed by atoms with E-state index in [0.717, 1.165) is 19.5 Å². The minimum Gasteiger partial charge on any atom is -0.383 e. The summed E-state index contributed by atoms with van der Waals surface area (Å²) in [6, 6.07) is 6.57. The summed E-state index contributed by atoms with van der Waals surface area (Å²) >= 11 is 0. The van der Waals surface area contributed by atoms with Crippen molar-refractivity contribution in [3.63, 3.8) is 0 Å². The molecule has 1 aromatic carbocycles. The molecule has 1 saturated heterocycles. The molecule has 0 bridgehead atoms. The van der Waals surface area contributed by atoms with Crippen molar-refractivity contribution in [3.05, 3.63) is 29.3 Å². The Balaban J connectivity index is 1.82. The SMILES string of the molecule is CCc1cccc(C)c1NCCN1CCN(C)CC1. The van der Waals surface area contributed by atoms with Crippen molar-refractivity contribution < 1.29 is 0 Å². The standard InChI is InChI=1S/C16H27N3/c1-4-15-7-5-6-14(2)16(15)17-8-9-19-12-10-18(3)11-13-19/h5-7,17H,4,8-13H2,1-3H3. The molecule has 3 nitrogen and oxygen atoms in total. The predicted octanol–water partition coefficient (Wildman–Crippen LogP) is 2.22. The molecule has 1 fully saturated rings. The third kappa shape index (κ3) is 3.95. The van der Waals surface area contributed by atoms with E-state index in [1.54, 1.807) is 0 Å². The van der Waals surface area contributed by atoms with E-state index in [1.807, 2.05) is 0 Å². The lowest BCUT2D eigenvalue weighted by Crippen LogP contribution is -2.45. The second-order valence-electron chi connectivity index (χ2n) is 5.53. The maximum atomic E-state index is 3.64. The monoisotopic (exact) mass is 261 g/mol. The van der Waals surface area contributed by atoms with Crippen molar-refractivity contribution in [2.45, 2.75) is 20.3 Å². The molecular weight excluding hydrogens is 234 g/mol. The number of aryl methyl sites for hydroxylation is 2. The highest BCUT2D eigenvalue weighted by atomic mass is 15.2. The van der Waals surface area contributed by atoms with Crippen molar-refractivity contribution in [2.75, 3.05) is 51.6 Å². The van der Waals surface area contributed by atoms with Crippen LogP contribution in [-0.4, -0.2) is 56.1 Å². The zero-order valence-corrected chi connectivity index (χ0v) is 12.6. The Hall–Kier alpha value is -1.06. The van der Waals surface area contributed by atoms with E-state index in [1.165, 1.54) is 43.0 Å². The second kappa shape index (κ2) is 6.92. The van der Waals surface area contributed by atoms with Gasteiger partial charge in [0.2, 0.25) is 0 Å². The molecule has 1 aliphatic heterocycles. The molecule has 0 amide bonds. The van der Waals surface area contributed by atoms with E-state index in [4.69, 9.17) is 0 Å². The maximum absolute atomic E-state index is 3.64. The van der Waals surface area contributed by atoms with Crippen LogP contribution in [-0.2, 0) is 6.42 Å². The number of benzene rings is 1. The molecule has 2 rings (SSSR count). The van der Waals surface area contributed by atoms with Gasteiger partial charge in [0.05, 0.1) is 0 Å². The van der Waals surface area contributed by atoms with Crippen molar-refractivity contribution in [2.24, 2.45) is 0 Å². The van der Waals surface area contributed by atoms with Gasteiger partial charge in [-0.05, 0) is 31.5 Å². The Morgan fingerprint density at radius 2 is 1.89 bits per heavy atom. The summed E-state index contributed by atoms with van der Waals surface area (Å²) in [4.78, 5) is 4.96. The molecule has 0 aromatic heterocycles. The number of hydrogen-bond acceptors (Lipinski definition) is 3. The molecule has 1 aliphatic rings. The van der Waals surface area contributed by atoms with Crippen LogP contribution in [0.2, 0.25) is 0 Å². The molecule has 19 heavy (non-hydrogen) atoms. The summed E-state index contributed by atoms with van der Waals surface area (Å²) in [5.41, 5.74) is 4.13. The Bertz CT molecular complexity index is 395. The van der Waals surface area contributed by atoms with Crippen LogP contribution >= 0.6 is 0 Å². The Morgan fingerprint density at radius 3 is 2.58 bits per heavy atom. The highest BCUT2D eigenvalue weighted by molar-refractivity contribution is 5.57. The van der Waals surface area contributed by atoms with Crippen molar-refractivity contribution in [1.82, 2.24) is 9.80 Å². The molecule has 0 radical (unpaired) electrons. The lowest BCUT2D eigenvalue weighted by atomic mass is 10.1. The van der Waals surface area contributed by atoms with Crippen molar-refractivity contribution in [1.29, 1.82) is 0 Å². The lowest BCUT2D eigenvalue weighted by molar-refractivity contribution is 0.158. The fourth-order valence-corrected chi connectivity index (χ4v) is 2.69. The fourth-order valence-electron chi connectivity index (χ4n) is 2.69. The summed E-state index contributed by atoms with van der Waals surface area (Å²) < 4.78 is 0. The van der Waals surface area contributed by atoms with Gasteiger partial charge in [0.25, 0.3) is 0 Å². The molecule has 0 saturated carbocycles. The molecular formula is C16H27N3. The minimum atomic E-state index is 1.04. The maximum Gasteiger partial charge on any atom is 0.0402 e. The van der Waals surface area contributed by atoms with Gasteiger partial charge in [-0.25, -0.2) is 0 Å². The number of anilines is 1. The van der Waals surface area contributed by atoms with Crippen LogP contribution in [0.1, 0.15) is 18.1 Å². The number of nitrogens with zero attached hydrogens (tertiary/aromatic N) is 2. The number of piperazine rings is 1. The first-order valence-electron chi connectivity index (χ1n) is 7.44. The largest absolute Gasteiger partial charge is 0.383 e. The van der Waals surface area contributed by atoms with E-state index in [0.29, 0.717) is 0 Å². The van der Waals surface area contributed by atoms with Crippen molar-refractivity contribution >= 4 is 5.69 Å². The summed E-state index contributed by atoms with van der Waals surface area (Å²) in [7, 11) is 2.20. The quantitative estimate of drug-likeness (QED) is 0.877. The fraction of sp³-hybridized carbons (Fsp3) is 0.625. The average Bonchev–Trinajstić information content (AvgIpc) is 2.42. The summed E-state index contributed by atoms with van der Waals surface area (Å²) in [6.07, 6.45) is 1.10. The molecule has 0 unspecified atom stereocenters. The molecule has 1 aromatic rings.